The normalized spacial score (nSPS) is 19.0. The molecule has 2 aromatic heterocycles. The van der Waals surface area contributed by atoms with Crippen LogP contribution in [0.3, 0.4) is 0 Å². The number of methoxy groups -OCH3 is 1. The minimum Gasteiger partial charge on any atom is -0.494 e. The Balaban J connectivity index is 1.54. The van der Waals surface area contributed by atoms with Crippen LogP contribution in [0.25, 0.3) is 22.2 Å². The molecule has 4 aromatic rings. The fourth-order valence-electron chi connectivity index (χ4n) is 4.97. The SMILES string of the molecule is COc1cc(C(=O)NCC2(c3cc(C(C)(C)O)c(F)c(-c4ccc(F)cc4)n3)C[C@@H](F)CO2)cc2cc(C)nnc12. The summed E-state index contributed by atoms with van der Waals surface area (Å²) in [6.07, 6.45) is -1.54. The summed E-state index contributed by atoms with van der Waals surface area (Å²) in [5.41, 5.74) is -1.58. The minimum atomic E-state index is -1.64. The molecule has 1 amide bonds. The Kier molecular flexibility index (Phi) is 7.43. The van der Waals surface area contributed by atoms with Crippen molar-refractivity contribution in [3.63, 3.8) is 0 Å². The molecular formula is C30H29F3N4O4. The maximum atomic E-state index is 15.7. The van der Waals surface area contributed by atoms with Crippen molar-refractivity contribution in [3.05, 3.63) is 82.7 Å². The van der Waals surface area contributed by atoms with Gasteiger partial charge in [-0.25, -0.2) is 18.2 Å². The molecule has 0 saturated carbocycles. The maximum Gasteiger partial charge on any atom is 0.251 e. The van der Waals surface area contributed by atoms with Crippen LogP contribution >= 0.6 is 0 Å². The van der Waals surface area contributed by atoms with Gasteiger partial charge in [-0.2, -0.15) is 5.10 Å². The van der Waals surface area contributed by atoms with E-state index in [1.54, 1.807) is 19.1 Å². The van der Waals surface area contributed by atoms with E-state index in [-0.39, 0.29) is 47.7 Å². The van der Waals surface area contributed by atoms with Crippen LogP contribution in [0, 0.1) is 18.6 Å². The van der Waals surface area contributed by atoms with Gasteiger partial charge in [0.15, 0.2) is 5.82 Å². The molecule has 0 spiro atoms. The molecule has 8 nitrogen and oxygen atoms in total. The summed E-state index contributed by atoms with van der Waals surface area (Å²) >= 11 is 0. The predicted octanol–water partition coefficient (Wildman–Crippen LogP) is 4.90. The summed E-state index contributed by atoms with van der Waals surface area (Å²) in [5.74, 6) is -1.45. The van der Waals surface area contributed by atoms with Crippen molar-refractivity contribution in [3.8, 4) is 17.0 Å². The molecule has 1 aliphatic heterocycles. The highest BCUT2D eigenvalue weighted by atomic mass is 19.1. The molecule has 2 N–H and O–H groups in total. The number of amides is 1. The number of hydrogen-bond donors (Lipinski definition) is 2. The first-order valence-corrected chi connectivity index (χ1v) is 13.0. The van der Waals surface area contributed by atoms with Crippen LogP contribution in [0.4, 0.5) is 13.2 Å². The van der Waals surface area contributed by atoms with Crippen molar-refractivity contribution in [2.24, 2.45) is 0 Å². The number of aromatic nitrogens is 3. The Hall–Kier alpha value is -4.09. The molecule has 1 unspecified atom stereocenters. The van der Waals surface area contributed by atoms with Gasteiger partial charge in [-0.15, -0.1) is 5.10 Å². The fraction of sp³-hybridized carbons (Fsp3) is 0.333. The molecule has 1 saturated heterocycles. The molecule has 3 heterocycles. The molecule has 0 radical (unpaired) electrons. The summed E-state index contributed by atoms with van der Waals surface area (Å²) in [6, 6.07) is 11.3. The lowest BCUT2D eigenvalue weighted by molar-refractivity contribution is -0.00388. The van der Waals surface area contributed by atoms with Gasteiger partial charge in [0.25, 0.3) is 5.91 Å². The average Bonchev–Trinajstić information content (AvgIpc) is 3.32. The lowest BCUT2D eigenvalue weighted by Crippen LogP contribution is -2.41. The van der Waals surface area contributed by atoms with Crippen molar-refractivity contribution in [2.75, 3.05) is 20.3 Å². The van der Waals surface area contributed by atoms with E-state index >= 15 is 4.39 Å². The van der Waals surface area contributed by atoms with Crippen molar-refractivity contribution in [1.29, 1.82) is 0 Å². The third-order valence-electron chi connectivity index (χ3n) is 7.09. The molecule has 0 bridgehead atoms. The number of aliphatic hydroxyl groups is 1. The maximum absolute atomic E-state index is 15.7. The van der Waals surface area contributed by atoms with E-state index in [2.05, 4.69) is 20.5 Å². The Bertz CT molecular complexity index is 1630. The van der Waals surface area contributed by atoms with E-state index in [4.69, 9.17) is 9.47 Å². The molecule has 2 atom stereocenters. The van der Waals surface area contributed by atoms with Crippen molar-refractivity contribution >= 4 is 16.8 Å². The van der Waals surface area contributed by atoms with Crippen molar-refractivity contribution in [2.45, 2.75) is 44.6 Å². The first-order chi connectivity index (χ1) is 19.4. The van der Waals surface area contributed by atoms with Crippen LogP contribution in [0.1, 0.15) is 47.6 Å². The van der Waals surface area contributed by atoms with Crippen LogP contribution in [0.15, 0.2) is 48.5 Å². The number of hydrogen-bond acceptors (Lipinski definition) is 7. The number of alkyl halides is 1. The summed E-state index contributed by atoms with van der Waals surface area (Å²) in [7, 11) is 1.46. The number of pyridine rings is 1. The van der Waals surface area contributed by atoms with E-state index in [0.717, 1.165) is 12.1 Å². The molecule has 214 valence electrons. The van der Waals surface area contributed by atoms with Crippen LogP contribution in [-0.2, 0) is 15.9 Å². The first-order valence-electron chi connectivity index (χ1n) is 13.0. The van der Waals surface area contributed by atoms with Crippen LogP contribution in [0.5, 0.6) is 5.75 Å². The highest BCUT2D eigenvalue weighted by Crippen LogP contribution is 2.40. The predicted molar refractivity (Wildman–Crippen MR) is 145 cm³/mol. The fourth-order valence-corrected chi connectivity index (χ4v) is 4.97. The molecule has 0 aliphatic carbocycles. The number of nitrogens with one attached hydrogen (secondary N) is 1. The van der Waals surface area contributed by atoms with Crippen molar-refractivity contribution < 1.29 is 32.5 Å². The van der Waals surface area contributed by atoms with Crippen LogP contribution < -0.4 is 10.1 Å². The number of carbonyl (C=O) groups excluding carboxylic acids is 1. The minimum absolute atomic E-state index is 0.103. The number of aryl methyl sites for hydroxylation is 1. The van der Waals surface area contributed by atoms with Gasteiger partial charge in [0, 0.05) is 28.5 Å². The van der Waals surface area contributed by atoms with Gasteiger partial charge >= 0.3 is 0 Å². The molecule has 2 aromatic carbocycles. The van der Waals surface area contributed by atoms with E-state index in [9.17, 15) is 18.7 Å². The summed E-state index contributed by atoms with van der Waals surface area (Å²) in [5, 5.41) is 22.4. The van der Waals surface area contributed by atoms with Gasteiger partial charge < -0.3 is 19.9 Å². The zero-order valence-corrected chi connectivity index (χ0v) is 23.0. The number of benzene rings is 2. The zero-order valence-electron chi connectivity index (χ0n) is 23.0. The standard InChI is InChI=1S/C30H29F3N4O4/c1-16-9-18-10-19(11-23(40-4)26(18)37-36-16)28(38)34-15-30(13-21(32)14-41-30)24-12-22(29(2,3)39)25(33)27(35-24)17-5-7-20(31)8-6-17/h5-12,21,39H,13-15H2,1-4H3,(H,34,38)/t21-,30?/m1/s1. The summed E-state index contributed by atoms with van der Waals surface area (Å²) < 4.78 is 55.3. The zero-order chi connectivity index (χ0) is 29.5. The van der Waals surface area contributed by atoms with Crippen molar-refractivity contribution in [1.82, 2.24) is 20.5 Å². The molecule has 5 rings (SSSR count). The Morgan fingerprint density at radius 2 is 1.90 bits per heavy atom. The molecule has 11 heteroatoms. The molecule has 1 aliphatic rings. The molecule has 1 fully saturated rings. The number of nitrogens with zero attached hydrogens (tertiary/aromatic N) is 3. The second-order valence-electron chi connectivity index (χ2n) is 10.7. The Morgan fingerprint density at radius 1 is 1.17 bits per heavy atom. The first kappa shape index (κ1) is 28.4. The third-order valence-corrected chi connectivity index (χ3v) is 7.09. The number of rotatable bonds is 7. The second-order valence-corrected chi connectivity index (χ2v) is 10.7. The largest absolute Gasteiger partial charge is 0.494 e. The van der Waals surface area contributed by atoms with Gasteiger partial charge in [-0.3, -0.25) is 4.79 Å². The second kappa shape index (κ2) is 10.7. The lowest BCUT2D eigenvalue weighted by Gasteiger charge is -2.30. The Labute approximate surface area is 234 Å². The van der Waals surface area contributed by atoms with E-state index in [1.807, 2.05) is 0 Å². The lowest BCUT2D eigenvalue weighted by atomic mass is 9.88. The quantitative estimate of drug-likeness (QED) is 0.328. The number of carbonyl (C=O) groups is 1. The average molecular weight is 567 g/mol. The summed E-state index contributed by atoms with van der Waals surface area (Å²) in [6.45, 7) is 4.13. The van der Waals surface area contributed by atoms with Crippen LogP contribution in [0.2, 0.25) is 0 Å². The van der Waals surface area contributed by atoms with Gasteiger partial charge in [-0.05, 0) is 69.3 Å². The monoisotopic (exact) mass is 566 g/mol. The number of ether oxygens (including phenoxy) is 2. The number of fused-ring (bicyclic) bond motifs is 1. The summed E-state index contributed by atoms with van der Waals surface area (Å²) in [4.78, 5) is 17.8. The van der Waals surface area contributed by atoms with Gasteiger partial charge in [0.2, 0.25) is 0 Å². The highest BCUT2D eigenvalue weighted by molar-refractivity contribution is 5.99. The van der Waals surface area contributed by atoms with E-state index in [1.165, 1.54) is 45.2 Å². The molecular weight excluding hydrogens is 537 g/mol. The molecule has 41 heavy (non-hydrogen) atoms. The number of halogens is 3. The smallest absolute Gasteiger partial charge is 0.251 e. The topological polar surface area (TPSA) is 106 Å². The Morgan fingerprint density at radius 3 is 2.54 bits per heavy atom. The third kappa shape index (κ3) is 5.59. The highest BCUT2D eigenvalue weighted by Gasteiger charge is 2.45. The van der Waals surface area contributed by atoms with Gasteiger partial charge in [0.05, 0.1) is 37.3 Å². The van der Waals surface area contributed by atoms with Crippen LogP contribution in [-0.4, -0.2) is 52.6 Å². The van der Waals surface area contributed by atoms with Gasteiger partial charge in [-0.1, -0.05) is 0 Å². The van der Waals surface area contributed by atoms with Gasteiger partial charge in [0.1, 0.15) is 34.6 Å². The van der Waals surface area contributed by atoms with E-state index in [0.29, 0.717) is 22.3 Å². The van der Waals surface area contributed by atoms with E-state index < -0.39 is 34.9 Å².